The molecule has 2 unspecified atom stereocenters. The van der Waals surface area contributed by atoms with Gasteiger partial charge >= 0.3 is 6.09 Å². The number of carboxylic acid groups (broad SMARTS) is 1. The number of aromatic nitrogens is 3. The van der Waals surface area contributed by atoms with Crippen molar-refractivity contribution in [3.63, 3.8) is 0 Å². The van der Waals surface area contributed by atoms with Gasteiger partial charge in [-0.25, -0.2) is 19.7 Å². The molecule has 1 aliphatic rings. The van der Waals surface area contributed by atoms with Gasteiger partial charge in [-0.15, -0.1) is 0 Å². The molecular formula is C27H28N6O3. The molecule has 2 aromatic heterocycles. The Morgan fingerprint density at radius 2 is 1.94 bits per heavy atom. The fourth-order valence-electron chi connectivity index (χ4n) is 4.74. The Kier molecular flexibility index (Phi) is 6.28. The second kappa shape index (κ2) is 9.69. The van der Waals surface area contributed by atoms with E-state index in [2.05, 4.69) is 15.3 Å². The highest BCUT2D eigenvalue weighted by Crippen LogP contribution is 2.38. The molecule has 3 heterocycles. The van der Waals surface area contributed by atoms with Crippen LogP contribution in [0.15, 0.2) is 60.9 Å². The molecule has 36 heavy (non-hydrogen) atoms. The summed E-state index contributed by atoms with van der Waals surface area (Å²) in [5.74, 6) is 1.79. The Morgan fingerprint density at radius 3 is 2.78 bits per heavy atom. The second-order valence-electron chi connectivity index (χ2n) is 9.25. The highest BCUT2D eigenvalue weighted by atomic mass is 16.5. The van der Waals surface area contributed by atoms with Gasteiger partial charge in [-0.1, -0.05) is 31.2 Å². The Bertz CT molecular complexity index is 1430. The average Bonchev–Trinajstić information content (AvgIpc) is 2.86. The number of aryl methyl sites for hydroxylation is 1. The number of piperidine rings is 1. The van der Waals surface area contributed by atoms with Gasteiger partial charge in [-0.3, -0.25) is 0 Å². The molecule has 1 aliphatic heterocycles. The van der Waals surface area contributed by atoms with E-state index >= 15 is 0 Å². The summed E-state index contributed by atoms with van der Waals surface area (Å²) >= 11 is 0. The number of hydrogen-bond donors (Lipinski definition) is 3. The van der Waals surface area contributed by atoms with Crippen LogP contribution in [0.5, 0.6) is 11.6 Å². The molecule has 9 heteroatoms. The number of rotatable bonds is 5. The molecule has 5 rings (SSSR count). The van der Waals surface area contributed by atoms with Crippen LogP contribution in [-0.4, -0.2) is 50.2 Å². The van der Waals surface area contributed by atoms with E-state index in [1.165, 1.54) is 4.90 Å². The lowest BCUT2D eigenvalue weighted by Crippen LogP contribution is -2.47. The number of nitrogens with one attached hydrogen (secondary N) is 1. The summed E-state index contributed by atoms with van der Waals surface area (Å²) < 4.78 is 6.39. The SMILES string of the molecule is Cc1ccc2c(N)cccc2c1Oc1ncccc1-c1ccnc(NC2CC(C)CN(C(=O)O)C2)n1. The van der Waals surface area contributed by atoms with E-state index in [0.29, 0.717) is 47.6 Å². The van der Waals surface area contributed by atoms with Gasteiger partial charge in [0.05, 0.1) is 11.3 Å². The lowest BCUT2D eigenvalue weighted by molar-refractivity contribution is 0.119. The standard InChI is InChI=1S/C27H28N6O3/c1-16-13-18(15-33(14-16)27(34)35)31-26-30-12-10-23(32-26)21-6-4-11-29-25(21)36-24-17(2)8-9-19-20(24)5-3-7-22(19)28/h3-12,16,18H,13-15,28H2,1-2H3,(H,34,35)(H,30,31,32). The molecule has 0 radical (unpaired) electrons. The molecule has 4 aromatic rings. The molecule has 2 aromatic carbocycles. The molecule has 0 aliphatic carbocycles. The third-order valence-electron chi connectivity index (χ3n) is 6.41. The number of ether oxygens (including phenoxy) is 1. The minimum absolute atomic E-state index is 0.0755. The third kappa shape index (κ3) is 4.72. The third-order valence-corrected chi connectivity index (χ3v) is 6.41. The number of hydrogen-bond acceptors (Lipinski definition) is 7. The van der Waals surface area contributed by atoms with Gasteiger partial charge in [0.25, 0.3) is 0 Å². The second-order valence-corrected chi connectivity index (χ2v) is 9.25. The van der Waals surface area contributed by atoms with E-state index in [1.807, 2.05) is 56.3 Å². The van der Waals surface area contributed by atoms with Crippen LogP contribution in [0.25, 0.3) is 22.0 Å². The van der Waals surface area contributed by atoms with E-state index in [9.17, 15) is 9.90 Å². The Balaban J connectivity index is 1.45. The molecule has 184 valence electrons. The molecule has 1 saturated heterocycles. The van der Waals surface area contributed by atoms with Crippen molar-refractivity contribution in [2.75, 3.05) is 24.1 Å². The molecule has 1 amide bonds. The fraction of sp³-hybridized carbons (Fsp3) is 0.259. The van der Waals surface area contributed by atoms with E-state index in [0.717, 1.165) is 22.8 Å². The Hall–Kier alpha value is -4.40. The fourth-order valence-corrected chi connectivity index (χ4v) is 4.74. The first kappa shape index (κ1) is 23.3. The molecule has 0 spiro atoms. The van der Waals surface area contributed by atoms with Gasteiger partial charge in [-0.2, -0.15) is 0 Å². The van der Waals surface area contributed by atoms with Gasteiger partial charge in [0.15, 0.2) is 0 Å². The summed E-state index contributed by atoms with van der Waals surface area (Å²) in [5.41, 5.74) is 9.19. The van der Waals surface area contributed by atoms with Crippen LogP contribution in [0.3, 0.4) is 0 Å². The summed E-state index contributed by atoms with van der Waals surface area (Å²) in [7, 11) is 0. The number of nitrogens with two attached hydrogens (primary N) is 1. The van der Waals surface area contributed by atoms with Crippen molar-refractivity contribution in [3.05, 3.63) is 66.5 Å². The zero-order valence-corrected chi connectivity index (χ0v) is 20.2. The molecular weight excluding hydrogens is 456 g/mol. The molecule has 9 nitrogen and oxygen atoms in total. The zero-order valence-electron chi connectivity index (χ0n) is 20.2. The van der Waals surface area contributed by atoms with Crippen LogP contribution in [0.1, 0.15) is 18.9 Å². The predicted octanol–water partition coefficient (Wildman–Crippen LogP) is 5.18. The number of benzene rings is 2. The van der Waals surface area contributed by atoms with E-state index in [1.54, 1.807) is 18.5 Å². The maximum absolute atomic E-state index is 11.5. The zero-order chi connectivity index (χ0) is 25.2. The summed E-state index contributed by atoms with van der Waals surface area (Å²) in [5, 5.41) is 14.6. The smallest absolute Gasteiger partial charge is 0.407 e. The van der Waals surface area contributed by atoms with Gasteiger partial charge in [0.1, 0.15) is 5.75 Å². The molecule has 0 bridgehead atoms. The first-order valence-electron chi connectivity index (χ1n) is 11.9. The Labute approximate surface area is 209 Å². The number of nitrogens with zero attached hydrogens (tertiary/aromatic N) is 4. The number of anilines is 2. The van der Waals surface area contributed by atoms with Crippen LogP contribution >= 0.6 is 0 Å². The summed E-state index contributed by atoms with van der Waals surface area (Å²) in [6.07, 6.45) is 3.28. The summed E-state index contributed by atoms with van der Waals surface area (Å²) in [6, 6.07) is 15.2. The highest BCUT2D eigenvalue weighted by Gasteiger charge is 2.28. The number of carbonyl (C=O) groups is 1. The van der Waals surface area contributed by atoms with Crippen molar-refractivity contribution in [2.24, 2.45) is 5.92 Å². The number of pyridine rings is 1. The molecule has 1 fully saturated rings. The van der Waals surface area contributed by atoms with Crippen molar-refractivity contribution in [2.45, 2.75) is 26.3 Å². The highest BCUT2D eigenvalue weighted by molar-refractivity contribution is 5.97. The largest absolute Gasteiger partial charge is 0.465 e. The predicted molar refractivity (Wildman–Crippen MR) is 139 cm³/mol. The van der Waals surface area contributed by atoms with Gasteiger partial charge in [0, 0.05) is 48.0 Å². The number of nitrogen functional groups attached to an aromatic ring is 1. The first-order valence-corrected chi connectivity index (χ1v) is 11.9. The maximum atomic E-state index is 11.5. The normalized spacial score (nSPS) is 17.7. The molecule has 4 N–H and O–H groups in total. The van der Waals surface area contributed by atoms with Gasteiger partial charge < -0.3 is 25.8 Å². The van der Waals surface area contributed by atoms with Gasteiger partial charge in [-0.05, 0) is 49.1 Å². The monoisotopic (exact) mass is 484 g/mol. The number of likely N-dealkylation sites (tertiary alicyclic amines) is 1. The minimum atomic E-state index is -0.911. The maximum Gasteiger partial charge on any atom is 0.407 e. The molecule has 2 atom stereocenters. The van der Waals surface area contributed by atoms with Crippen molar-refractivity contribution in [3.8, 4) is 22.9 Å². The Morgan fingerprint density at radius 1 is 1.08 bits per heavy atom. The lowest BCUT2D eigenvalue weighted by Gasteiger charge is -2.35. The van der Waals surface area contributed by atoms with Crippen LogP contribution < -0.4 is 15.8 Å². The minimum Gasteiger partial charge on any atom is -0.465 e. The number of amides is 1. The first-order chi connectivity index (χ1) is 17.4. The van der Waals surface area contributed by atoms with Crippen LogP contribution in [0, 0.1) is 12.8 Å². The van der Waals surface area contributed by atoms with Crippen molar-refractivity contribution in [1.29, 1.82) is 0 Å². The van der Waals surface area contributed by atoms with E-state index < -0.39 is 6.09 Å². The van der Waals surface area contributed by atoms with Crippen molar-refractivity contribution in [1.82, 2.24) is 19.9 Å². The average molecular weight is 485 g/mol. The van der Waals surface area contributed by atoms with Crippen LogP contribution in [0.4, 0.5) is 16.4 Å². The van der Waals surface area contributed by atoms with Crippen molar-refractivity contribution < 1.29 is 14.6 Å². The van der Waals surface area contributed by atoms with Crippen LogP contribution in [0.2, 0.25) is 0 Å². The van der Waals surface area contributed by atoms with Gasteiger partial charge in [0.2, 0.25) is 11.8 Å². The summed E-state index contributed by atoms with van der Waals surface area (Å²) in [6.45, 7) is 4.95. The number of fused-ring (bicyclic) bond motifs is 1. The van der Waals surface area contributed by atoms with E-state index in [-0.39, 0.29) is 12.0 Å². The topological polar surface area (TPSA) is 126 Å². The van der Waals surface area contributed by atoms with Crippen LogP contribution in [-0.2, 0) is 0 Å². The van der Waals surface area contributed by atoms with E-state index in [4.69, 9.17) is 15.5 Å². The lowest BCUT2D eigenvalue weighted by atomic mass is 9.96. The summed E-state index contributed by atoms with van der Waals surface area (Å²) in [4.78, 5) is 26.5. The van der Waals surface area contributed by atoms with Crippen molar-refractivity contribution >= 4 is 28.5 Å². The quantitative estimate of drug-likeness (QED) is 0.331. The molecule has 0 saturated carbocycles.